The highest BCUT2D eigenvalue weighted by Gasteiger charge is 2.12. The quantitative estimate of drug-likeness (QED) is 0.222. The molecule has 0 aliphatic carbocycles. The highest BCUT2D eigenvalue weighted by Crippen LogP contribution is 2.20. The number of guanidine groups is 1. The Morgan fingerprint density at radius 1 is 1.16 bits per heavy atom. The zero-order chi connectivity index (χ0) is 22.1. The van der Waals surface area contributed by atoms with Crippen molar-refractivity contribution in [1.29, 1.82) is 0 Å². The lowest BCUT2D eigenvalue weighted by Crippen LogP contribution is -2.39. The van der Waals surface area contributed by atoms with Crippen molar-refractivity contribution in [3.8, 4) is 0 Å². The third-order valence-electron chi connectivity index (χ3n) is 5.80. The molecule has 0 bridgehead atoms. The summed E-state index contributed by atoms with van der Waals surface area (Å²) in [5, 5.41) is 11.8. The first-order valence-corrected chi connectivity index (χ1v) is 11.3. The number of hydrogen-bond acceptors (Lipinski definition) is 5. The van der Waals surface area contributed by atoms with Gasteiger partial charge in [0.05, 0.1) is 0 Å². The van der Waals surface area contributed by atoms with E-state index in [1.54, 1.807) is 7.11 Å². The van der Waals surface area contributed by atoms with Gasteiger partial charge in [0.15, 0.2) is 11.8 Å². The molecule has 0 saturated carbocycles. The highest BCUT2D eigenvalue weighted by molar-refractivity contribution is 14.0. The molecule has 178 valence electrons. The monoisotopic (exact) mass is 555 g/mol. The molecule has 0 atom stereocenters. The molecule has 1 fully saturated rings. The van der Waals surface area contributed by atoms with E-state index in [0.29, 0.717) is 6.54 Å². The SMILES string of the molecule is COCCCNC(=NCc1nnc(C)n1C)N(C)Cc1ccc(N2CCCCC2)cc1.I. The summed E-state index contributed by atoms with van der Waals surface area (Å²) >= 11 is 0. The smallest absolute Gasteiger partial charge is 0.194 e. The number of hydrogen-bond donors (Lipinski definition) is 1. The van der Waals surface area contributed by atoms with Gasteiger partial charge in [-0.3, -0.25) is 0 Å². The van der Waals surface area contributed by atoms with E-state index in [-0.39, 0.29) is 24.0 Å². The molecule has 1 aromatic heterocycles. The zero-order valence-corrected chi connectivity index (χ0v) is 22.2. The Kier molecular flexibility index (Phi) is 11.2. The van der Waals surface area contributed by atoms with Crippen LogP contribution >= 0.6 is 24.0 Å². The van der Waals surface area contributed by atoms with Crippen LogP contribution in [-0.4, -0.2) is 66.0 Å². The molecular formula is C23H38IN7O. The molecule has 1 N–H and O–H groups in total. The molecule has 2 aromatic rings. The summed E-state index contributed by atoms with van der Waals surface area (Å²) in [4.78, 5) is 9.46. The first-order chi connectivity index (χ1) is 15.1. The summed E-state index contributed by atoms with van der Waals surface area (Å²) in [7, 11) is 5.77. The fourth-order valence-electron chi connectivity index (χ4n) is 3.78. The summed E-state index contributed by atoms with van der Waals surface area (Å²) in [6.07, 6.45) is 4.87. The van der Waals surface area contributed by atoms with Crippen molar-refractivity contribution in [3.05, 3.63) is 41.5 Å². The van der Waals surface area contributed by atoms with Crippen LogP contribution in [-0.2, 0) is 24.9 Å². The Labute approximate surface area is 209 Å². The summed E-state index contributed by atoms with van der Waals surface area (Å²) in [5.41, 5.74) is 2.60. The Morgan fingerprint density at radius 2 is 1.88 bits per heavy atom. The molecule has 0 unspecified atom stereocenters. The standard InChI is InChI=1S/C23H37N7O.HI/c1-19-26-27-22(29(19)3)17-25-23(24-13-8-16-31-4)28(2)18-20-9-11-21(12-10-20)30-14-6-5-7-15-30;/h9-12H,5-8,13-18H2,1-4H3,(H,24,25);1H. The van der Waals surface area contributed by atoms with E-state index in [1.807, 2.05) is 18.5 Å². The number of ether oxygens (including phenoxy) is 1. The Morgan fingerprint density at radius 3 is 2.50 bits per heavy atom. The normalized spacial score (nSPS) is 14.2. The van der Waals surface area contributed by atoms with Crippen molar-refractivity contribution < 1.29 is 4.74 Å². The maximum absolute atomic E-state index is 5.17. The number of methoxy groups -OCH3 is 1. The van der Waals surface area contributed by atoms with Gasteiger partial charge >= 0.3 is 0 Å². The fourth-order valence-corrected chi connectivity index (χ4v) is 3.78. The number of aliphatic imine (C=N–C) groups is 1. The van der Waals surface area contributed by atoms with Gasteiger partial charge in [-0.2, -0.15) is 0 Å². The van der Waals surface area contributed by atoms with Crippen LogP contribution in [0.4, 0.5) is 5.69 Å². The maximum atomic E-state index is 5.17. The van der Waals surface area contributed by atoms with Crippen LogP contribution in [0.3, 0.4) is 0 Å². The molecule has 2 heterocycles. The van der Waals surface area contributed by atoms with Crippen molar-refractivity contribution >= 4 is 35.6 Å². The molecule has 1 aliphatic heterocycles. The van der Waals surface area contributed by atoms with Crippen molar-refractivity contribution in [2.45, 2.75) is 45.7 Å². The largest absolute Gasteiger partial charge is 0.385 e. The number of halogens is 1. The Hall–Kier alpha value is -1.88. The first kappa shape index (κ1) is 26.4. The van der Waals surface area contributed by atoms with E-state index in [1.165, 1.54) is 43.6 Å². The lowest BCUT2D eigenvalue weighted by Gasteiger charge is -2.29. The van der Waals surface area contributed by atoms with Gasteiger partial charge in [0.25, 0.3) is 0 Å². The van der Waals surface area contributed by atoms with Gasteiger partial charge in [0, 0.05) is 59.7 Å². The van der Waals surface area contributed by atoms with Gasteiger partial charge in [0.2, 0.25) is 0 Å². The van der Waals surface area contributed by atoms with E-state index in [9.17, 15) is 0 Å². The summed E-state index contributed by atoms with van der Waals surface area (Å²) in [5.74, 6) is 2.60. The predicted molar refractivity (Wildman–Crippen MR) is 141 cm³/mol. The average Bonchev–Trinajstić information content (AvgIpc) is 3.12. The van der Waals surface area contributed by atoms with E-state index >= 15 is 0 Å². The molecule has 1 aliphatic rings. The lowest BCUT2D eigenvalue weighted by molar-refractivity contribution is 0.195. The third kappa shape index (κ3) is 7.61. The third-order valence-corrected chi connectivity index (χ3v) is 5.80. The molecule has 1 saturated heterocycles. The molecule has 3 rings (SSSR count). The summed E-state index contributed by atoms with van der Waals surface area (Å²) < 4.78 is 7.15. The number of anilines is 1. The molecule has 0 radical (unpaired) electrons. The van der Waals surface area contributed by atoms with Crippen LogP contribution in [0.1, 0.15) is 42.9 Å². The van der Waals surface area contributed by atoms with Gasteiger partial charge in [-0.1, -0.05) is 12.1 Å². The minimum absolute atomic E-state index is 0. The number of rotatable bonds is 9. The summed E-state index contributed by atoms with van der Waals surface area (Å²) in [6, 6.07) is 8.96. The number of aryl methyl sites for hydroxylation is 1. The Bertz CT molecular complexity index is 831. The predicted octanol–water partition coefficient (Wildman–Crippen LogP) is 3.35. The van der Waals surface area contributed by atoms with Crippen LogP contribution in [0.2, 0.25) is 0 Å². The number of aromatic nitrogens is 3. The van der Waals surface area contributed by atoms with Crippen molar-refractivity contribution in [2.75, 3.05) is 45.3 Å². The fraction of sp³-hybridized carbons (Fsp3) is 0.609. The number of benzene rings is 1. The number of piperidine rings is 1. The minimum atomic E-state index is 0. The number of nitrogens with zero attached hydrogens (tertiary/aromatic N) is 6. The van der Waals surface area contributed by atoms with Gasteiger partial charge in [-0.15, -0.1) is 34.2 Å². The second kappa shape index (κ2) is 13.6. The molecule has 32 heavy (non-hydrogen) atoms. The molecule has 9 heteroatoms. The minimum Gasteiger partial charge on any atom is -0.385 e. The van der Waals surface area contributed by atoms with Gasteiger partial charge in [-0.25, -0.2) is 4.99 Å². The van der Waals surface area contributed by atoms with Crippen molar-refractivity contribution in [2.24, 2.45) is 12.0 Å². The zero-order valence-electron chi connectivity index (χ0n) is 19.9. The Balaban J connectivity index is 0.00000363. The van der Waals surface area contributed by atoms with Crippen LogP contribution in [0.5, 0.6) is 0 Å². The topological polar surface area (TPSA) is 70.8 Å². The molecule has 8 nitrogen and oxygen atoms in total. The molecular weight excluding hydrogens is 517 g/mol. The van der Waals surface area contributed by atoms with E-state index in [2.05, 4.69) is 56.6 Å². The van der Waals surface area contributed by atoms with Crippen LogP contribution in [0.15, 0.2) is 29.3 Å². The van der Waals surface area contributed by atoms with Crippen molar-refractivity contribution in [3.63, 3.8) is 0 Å². The second-order valence-electron chi connectivity index (χ2n) is 8.21. The van der Waals surface area contributed by atoms with Crippen LogP contribution < -0.4 is 10.2 Å². The first-order valence-electron chi connectivity index (χ1n) is 11.3. The van der Waals surface area contributed by atoms with E-state index < -0.39 is 0 Å². The maximum Gasteiger partial charge on any atom is 0.194 e. The van der Waals surface area contributed by atoms with Gasteiger partial charge < -0.3 is 24.4 Å². The van der Waals surface area contributed by atoms with E-state index in [4.69, 9.17) is 9.73 Å². The summed E-state index contributed by atoms with van der Waals surface area (Å²) in [6.45, 7) is 7.10. The van der Waals surface area contributed by atoms with Crippen LogP contribution in [0.25, 0.3) is 0 Å². The average molecular weight is 556 g/mol. The highest BCUT2D eigenvalue weighted by atomic mass is 127. The van der Waals surface area contributed by atoms with Crippen LogP contribution in [0, 0.1) is 6.92 Å². The van der Waals surface area contributed by atoms with Gasteiger partial charge in [-0.05, 0) is 50.3 Å². The second-order valence-corrected chi connectivity index (χ2v) is 8.21. The lowest BCUT2D eigenvalue weighted by atomic mass is 10.1. The molecule has 0 spiro atoms. The molecule has 0 amide bonds. The van der Waals surface area contributed by atoms with Crippen molar-refractivity contribution in [1.82, 2.24) is 25.0 Å². The van der Waals surface area contributed by atoms with Gasteiger partial charge in [0.1, 0.15) is 12.4 Å². The number of nitrogens with one attached hydrogen (secondary N) is 1. The molecule has 1 aromatic carbocycles. The van der Waals surface area contributed by atoms with E-state index in [0.717, 1.165) is 43.7 Å².